The molecule has 21 heavy (non-hydrogen) atoms. The van der Waals surface area contributed by atoms with Crippen LogP contribution in [0.5, 0.6) is 0 Å². The molecule has 0 fully saturated rings. The molecule has 2 aromatic carbocycles. The van der Waals surface area contributed by atoms with E-state index < -0.39 is 0 Å². The van der Waals surface area contributed by atoms with Crippen molar-refractivity contribution in [2.45, 2.75) is 23.3 Å². The molecular weight excluding hydrogens is 302 g/mol. The van der Waals surface area contributed by atoms with Gasteiger partial charge in [0.15, 0.2) is 0 Å². The zero-order valence-electron chi connectivity index (χ0n) is 12.4. The van der Waals surface area contributed by atoms with Gasteiger partial charge in [0.05, 0.1) is 11.6 Å². The molecule has 2 nitrogen and oxygen atoms in total. The largest absolute Gasteiger partial charge is 0.383 e. The zero-order chi connectivity index (χ0) is 15.1. The highest BCUT2D eigenvalue weighted by molar-refractivity contribution is 7.99. The summed E-state index contributed by atoms with van der Waals surface area (Å²) in [5.74, 6) is 0. The fourth-order valence-corrected chi connectivity index (χ4v) is 3.01. The molecule has 0 saturated heterocycles. The second-order valence-corrected chi connectivity index (χ2v) is 6.37. The molecule has 0 unspecified atom stereocenters. The topological polar surface area (TPSA) is 21.3 Å². The average molecular weight is 322 g/mol. The molecule has 112 valence electrons. The van der Waals surface area contributed by atoms with Gasteiger partial charge >= 0.3 is 0 Å². The minimum absolute atomic E-state index is 0.717. The Morgan fingerprint density at radius 3 is 2.57 bits per heavy atom. The molecule has 4 heteroatoms. The molecule has 0 aliphatic heterocycles. The number of ether oxygens (including phenoxy) is 1. The molecule has 0 spiro atoms. The van der Waals surface area contributed by atoms with Crippen LogP contribution in [0.15, 0.2) is 52.3 Å². The van der Waals surface area contributed by atoms with E-state index in [-0.39, 0.29) is 0 Å². The van der Waals surface area contributed by atoms with Gasteiger partial charge in [-0.05, 0) is 36.8 Å². The van der Waals surface area contributed by atoms with Crippen molar-refractivity contribution in [3.8, 4) is 0 Å². The number of rotatable bonds is 7. The van der Waals surface area contributed by atoms with Crippen molar-refractivity contribution in [1.82, 2.24) is 5.32 Å². The lowest BCUT2D eigenvalue weighted by Crippen LogP contribution is -2.18. The summed E-state index contributed by atoms with van der Waals surface area (Å²) in [6.07, 6.45) is 0. The summed E-state index contributed by atoms with van der Waals surface area (Å²) in [5.41, 5.74) is 2.45. The Morgan fingerprint density at radius 1 is 1.14 bits per heavy atom. The van der Waals surface area contributed by atoms with Crippen LogP contribution in [-0.4, -0.2) is 20.3 Å². The first kappa shape index (κ1) is 16.4. The Morgan fingerprint density at radius 2 is 1.90 bits per heavy atom. The minimum Gasteiger partial charge on any atom is -0.383 e. The highest BCUT2D eigenvalue weighted by atomic mass is 35.5. The fraction of sp³-hybridized carbons (Fsp3) is 0.294. The van der Waals surface area contributed by atoms with Crippen LogP contribution in [0.1, 0.15) is 11.1 Å². The van der Waals surface area contributed by atoms with E-state index in [1.54, 1.807) is 18.9 Å². The van der Waals surface area contributed by atoms with Crippen LogP contribution >= 0.6 is 23.4 Å². The maximum atomic E-state index is 6.38. The lowest BCUT2D eigenvalue weighted by atomic mass is 10.2. The second kappa shape index (κ2) is 8.44. The Hall–Kier alpha value is -1.00. The number of hydrogen-bond acceptors (Lipinski definition) is 3. The Balaban J connectivity index is 1.97. The molecular formula is C17H20ClNOS. The van der Waals surface area contributed by atoms with Crippen LogP contribution < -0.4 is 5.32 Å². The van der Waals surface area contributed by atoms with E-state index in [2.05, 4.69) is 48.6 Å². The molecule has 0 aromatic heterocycles. The molecule has 0 atom stereocenters. The molecule has 2 aromatic rings. The summed E-state index contributed by atoms with van der Waals surface area (Å²) in [5, 5.41) is 4.11. The predicted molar refractivity (Wildman–Crippen MR) is 90.3 cm³/mol. The number of hydrogen-bond donors (Lipinski definition) is 1. The molecule has 0 aliphatic rings. The van der Waals surface area contributed by atoms with Gasteiger partial charge in [-0.25, -0.2) is 0 Å². The highest BCUT2D eigenvalue weighted by Gasteiger charge is 2.04. The molecule has 0 radical (unpaired) electrons. The van der Waals surface area contributed by atoms with Gasteiger partial charge in [-0.1, -0.05) is 47.1 Å². The first-order valence-corrected chi connectivity index (χ1v) is 8.11. The quantitative estimate of drug-likeness (QED) is 0.757. The third kappa shape index (κ3) is 5.36. The summed E-state index contributed by atoms with van der Waals surface area (Å²) in [7, 11) is 1.70. The van der Waals surface area contributed by atoms with Crippen molar-refractivity contribution in [3.63, 3.8) is 0 Å². The van der Waals surface area contributed by atoms with Gasteiger partial charge in [0.2, 0.25) is 0 Å². The van der Waals surface area contributed by atoms with E-state index in [0.717, 1.165) is 29.6 Å². The van der Waals surface area contributed by atoms with Crippen LogP contribution in [0.2, 0.25) is 5.02 Å². The van der Waals surface area contributed by atoms with Crippen LogP contribution in [0.4, 0.5) is 0 Å². The monoisotopic (exact) mass is 321 g/mol. The Kier molecular flexibility index (Phi) is 6.58. The fourth-order valence-electron chi connectivity index (χ4n) is 1.88. The number of halogens is 1. The van der Waals surface area contributed by atoms with Crippen LogP contribution in [0, 0.1) is 6.92 Å². The van der Waals surface area contributed by atoms with E-state index in [0.29, 0.717) is 0 Å². The molecule has 2 rings (SSSR count). The van der Waals surface area contributed by atoms with Crippen molar-refractivity contribution in [1.29, 1.82) is 0 Å². The van der Waals surface area contributed by atoms with E-state index in [9.17, 15) is 0 Å². The molecule has 1 N–H and O–H groups in total. The Bertz CT molecular complexity index is 572. The van der Waals surface area contributed by atoms with Crippen LogP contribution in [0.3, 0.4) is 0 Å². The molecule has 0 aliphatic carbocycles. The molecule has 0 heterocycles. The summed E-state index contributed by atoms with van der Waals surface area (Å²) >= 11 is 8.07. The van der Waals surface area contributed by atoms with Gasteiger partial charge < -0.3 is 10.1 Å². The number of nitrogens with one attached hydrogen (secondary N) is 1. The van der Waals surface area contributed by atoms with Crippen molar-refractivity contribution in [2.75, 3.05) is 20.3 Å². The van der Waals surface area contributed by atoms with E-state index in [4.69, 9.17) is 16.3 Å². The van der Waals surface area contributed by atoms with Gasteiger partial charge in [-0.15, -0.1) is 0 Å². The number of benzene rings is 2. The second-order valence-electron chi connectivity index (χ2n) is 4.85. The van der Waals surface area contributed by atoms with Crippen LogP contribution in [-0.2, 0) is 11.3 Å². The first-order valence-electron chi connectivity index (χ1n) is 6.91. The zero-order valence-corrected chi connectivity index (χ0v) is 13.9. The first-order chi connectivity index (χ1) is 10.2. The van der Waals surface area contributed by atoms with Crippen molar-refractivity contribution in [3.05, 3.63) is 58.6 Å². The van der Waals surface area contributed by atoms with Gasteiger partial charge in [0.1, 0.15) is 0 Å². The lowest BCUT2D eigenvalue weighted by Gasteiger charge is -2.08. The van der Waals surface area contributed by atoms with E-state index in [1.165, 1.54) is 16.0 Å². The standard InChI is InChI=1S/C17H20ClNOS/c1-13-3-6-15(7-4-13)21-17-8-5-14(11-16(17)18)12-19-9-10-20-2/h3-8,11,19H,9-10,12H2,1-2H3. The van der Waals surface area contributed by atoms with Gasteiger partial charge in [0, 0.05) is 30.0 Å². The molecule has 0 saturated carbocycles. The van der Waals surface area contributed by atoms with Crippen LogP contribution in [0.25, 0.3) is 0 Å². The predicted octanol–water partition coefficient (Wildman–Crippen LogP) is 4.54. The average Bonchev–Trinajstić information content (AvgIpc) is 2.48. The van der Waals surface area contributed by atoms with Gasteiger partial charge in [0.25, 0.3) is 0 Å². The Labute approximate surface area is 135 Å². The summed E-state index contributed by atoms with van der Waals surface area (Å²) < 4.78 is 5.01. The molecule has 0 amide bonds. The van der Waals surface area contributed by atoms with Crippen molar-refractivity contribution >= 4 is 23.4 Å². The minimum atomic E-state index is 0.717. The van der Waals surface area contributed by atoms with E-state index in [1.807, 2.05) is 6.07 Å². The summed E-state index contributed by atoms with van der Waals surface area (Å²) in [4.78, 5) is 2.29. The number of aryl methyl sites for hydroxylation is 1. The summed E-state index contributed by atoms with van der Waals surface area (Å²) in [6.45, 7) is 4.45. The van der Waals surface area contributed by atoms with Gasteiger partial charge in [-0.3, -0.25) is 0 Å². The van der Waals surface area contributed by atoms with Crippen molar-refractivity contribution < 1.29 is 4.74 Å². The van der Waals surface area contributed by atoms with Crippen molar-refractivity contribution in [2.24, 2.45) is 0 Å². The molecule has 0 bridgehead atoms. The maximum Gasteiger partial charge on any atom is 0.0587 e. The highest BCUT2D eigenvalue weighted by Crippen LogP contribution is 2.33. The van der Waals surface area contributed by atoms with Gasteiger partial charge in [-0.2, -0.15) is 0 Å². The number of methoxy groups -OCH3 is 1. The third-order valence-electron chi connectivity index (χ3n) is 3.06. The van der Waals surface area contributed by atoms with E-state index >= 15 is 0 Å². The lowest BCUT2D eigenvalue weighted by molar-refractivity contribution is 0.199. The normalized spacial score (nSPS) is 10.8. The SMILES string of the molecule is COCCNCc1ccc(Sc2ccc(C)cc2)c(Cl)c1. The smallest absolute Gasteiger partial charge is 0.0587 e. The maximum absolute atomic E-state index is 6.38. The summed E-state index contributed by atoms with van der Waals surface area (Å²) in [6, 6.07) is 14.7. The third-order valence-corrected chi connectivity index (χ3v) is 4.57.